The van der Waals surface area contributed by atoms with E-state index in [1.54, 1.807) is 0 Å². The average molecular weight is 266 g/mol. The Kier molecular flexibility index (Phi) is 6.05. The first kappa shape index (κ1) is 14.9. The first-order valence-electron chi connectivity index (χ1n) is 6.25. The van der Waals surface area contributed by atoms with Gasteiger partial charge in [-0.25, -0.2) is 0 Å². The number of nitrogens with one attached hydrogen (secondary N) is 2. The summed E-state index contributed by atoms with van der Waals surface area (Å²) in [5.41, 5.74) is 2.77. The molecule has 1 rings (SSSR count). The Morgan fingerprint density at radius 2 is 2.17 bits per heavy atom. The molecule has 0 fully saturated rings. The molecule has 0 saturated heterocycles. The van der Waals surface area contributed by atoms with Gasteiger partial charge in [-0.15, -0.1) is 0 Å². The molecule has 1 aromatic rings. The molecular weight excluding hydrogens is 244 g/mol. The average Bonchev–Trinajstić information content (AvgIpc) is 2.35. The fourth-order valence-corrected chi connectivity index (χ4v) is 2.38. The minimum Gasteiger partial charge on any atom is -0.388 e. The lowest BCUT2D eigenvalue weighted by Gasteiger charge is -2.14. The summed E-state index contributed by atoms with van der Waals surface area (Å²) in [6.07, 6.45) is 0. The third kappa shape index (κ3) is 4.26. The zero-order valence-corrected chi connectivity index (χ0v) is 12.4. The second-order valence-corrected chi connectivity index (χ2v) is 5.63. The maximum Gasteiger partial charge on any atom is 0.251 e. The zero-order valence-electron chi connectivity index (χ0n) is 11.5. The summed E-state index contributed by atoms with van der Waals surface area (Å²) in [6.45, 7) is 6.12. The molecule has 0 aliphatic heterocycles. The van der Waals surface area contributed by atoms with Crippen LogP contribution in [0.2, 0.25) is 0 Å². The van der Waals surface area contributed by atoms with E-state index in [1.165, 1.54) is 0 Å². The molecule has 18 heavy (non-hydrogen) atoms. The number of hydrogen-bond acceptors (Lipinski definition) is 3. The van der Waals surface area contributed by atoms with E-state index in [4.69, 9.17) is 0 Å². The molecule has 0 aliphatic carbocycles. The van der Waals surface area contributed by atoms with Crippen molar-refractivity contribution in [1.82, 2.24) is 5.32 Å². The van der Waals surface area contributed by atoms with E-state index < -0.39 is 0 Å². The largest absolute Gasteiger partial charge is 0.388 e. The topological polar surface area (TPSA) is 41.1 Å². The highest BCUT2D eigenvalue weighted by Crippen LogP contribution is 2.15. The van der Waals surface area contributed by atoms with Gasteiger partial charge in [-0.3, -0.25) is 4.79 Å². The molecule has 0 radical (unpaired) electrons. The third-order valence-corrected chi connectivity index (χ3v) is 3.85. The van der Waals surface area contributed by atoms with Crippen LogP contribution in [0, 0.1) is 6.92 Å². The normalized spacial score (nSPS) is 12.0. The highest BCUT2D eigenvalue weighted by molar-refractivity contribution is 7.99. The van der Waals surface area contributed by atoms with Gasteiger partial charge in [-0.2, -0.15) is 11.8 Å². The van der Waals surface area contributed by atoms with E-state index in [-0.39, 0.29) is 11.9 Å². The molecule has 0 aromatic heterocycles. The lowest BCUT2D eigenvalue weighted by Crippen LogP contribution is -2.34. The molecule has 3 nitrogen and oxygen atoms in total. The van der Waals surface area contributed by atoms with Crippen molar-refractivity contribution in [3.8, 4) is 0 Å². The van der Waals surface area contributed by atoms with E-state index >= 15 is 0 Å². The summed E-state index contributed by atoms with van der Waals surface area (Å²) in [4.78, 5) is 12.1. The van der Waals surface area contributed by atoms with Crippen LogP contribution in [-0.4, -0.2) is 30.5 Å². The van der Waals surface area contributed by atoms with Crippen molar-refractivity contribution in [2.45, 2.75) is 26.8 Å². The Hall–Kier alpha value is -1.16. The molecule has 0 saturated carbocycles. The Balaban J connectivity index is 2.66. The summed E-state index contributed by atoms with van der Waals surface area (Å²) in [5, 5.41) is 6.10. The van der Waals surface area contributed by atoms with E-state index in [0.717, 1.165) is 28.3 Å². The molecule has 0 heterocycles. The lowest BCUT2D eigenvalue weighted by molar-refractivity contribution is 0.0943. The maximum absolute atomic E-state index is 12.1. The van der Waals surface area contributed by atoms with E-state index in [2.05, 4.69) is 17.6 Å². The number of amides is 1. The molecular formula is C14H22N2OS. The number of carbonyl (C=O) groups excluding carboxylic acids is 1. The molecule has 1 unspecified atom stereocenters. The van der Waals surface area contributed by atoms with E-state index in [1.807, 2.05) is 50.9 Å². The van der Waals surface area contributed by atoms with Crippen molar-refractivity contribution >= 4 is 23.4 Å². The number of aryl methyl sites for hydroxylation is 1. The summed E-state index contributed by atoms with van der Waals surface area (Å²) in [5.74, 6) is 2.05. The van der Waals surface area contributed by atoms with Crippen LogP contribution in [0.25, 0.3) is 0 Å². The van der Waals surface area contributed by atoms with Gasteiger partial charge in [-0.05, 0) is 43.4 Å². The molecule has 4 heteroatoms. The van der Waals surface area contributed by atoms with Gasteiger partial charge < -0.3 is 10.6 Å². The quantitative estimate of drug-likeness (QED) is 0.832. The molecule has 1 atom stereocenters. The second-order valence-electron chi connectivity index (χ2n) is 4.31. The van der Waals surface area contributed by atoms with Crippen LogP contribution in [0.15, 0.2) is 18.2 Å². The van der Waals surface area contributed by atoms with Crippen LogP contribution in [0.1, 0.15) is 29.8 Å². The molecule has 0 aliphatic rings. The number of carbonyl (C=O) groups is 1. The van der Waals surface area contributed by atoms with Crippen LogP contribution >= 0.6 is 11.8 Å². The van der Waals surface area contributed by atoms with Crippen LogP contribution in [0.4, 0.5) is 5.69 Å². The molecule has 1 amide bonds. The first-order chi connectivity index (χ1) is 8.58. The van der Waals surface area contributed by atoms with Crippen molar-refractivity contribution in [2.75, 3.05) is 23.9 Å². The minimum atomic E-state index is 0.0133. The number of benzene rings is 1. The Labute approximate surface area is 114 Å². The third-order valence-electron chi connectivity index (χ3n) is 2.71. The molecule has 0 bridgehead atoms. The standard InChI is InChI=1S/C14H22N2OS/c1-5-18-9-11(3)16-14(17)13-7-6-12(15-4)8-10(13)2/h6-8,11,15H,5,9H2,1-4H3,(H,16,17). The Bertz CT molecular complexity index is 407. The summed E-state index contributed by atoms with van der Waals surface area (Å²) < 4.78 is 0. The summed E-state index contributed by atoms with van der Waals surface area (Å²) in [7, 11) is 1.87. The van der Waals surface area contributed by atoms with Gasteiger partial charge in [0.15, 0.2) is 0 Å². The molecule has 0 spiro atoms. The smallest absolute Gasteiger partial charge is 0.251 e. The highest BCUT2D eigenvalue weighted by atomic mass is 32.2. The van der Waals surface area contributed by atoms with Crippen LogP contribution in [0.5, 0.6) is 0 Å². The fourth-order valence-electron chi connectivity index (χ4n) is 1.71. The molecule has 1 aromatic carbocycles. The SMILES string of the molecule is CCSCC(C)NC(=O)c1ccc(NC)cc1C. The summed E-state index contributed by atoms with van der Waals surface area (Å²) >= 11 is 1.84. The zero-order chi connectivity index (χ0) is 13.5. The predicted molar refractivity (Wildman–Crippen MR) is 80.7 cm³/mol. The van der Waals surface area contributed by atoms with Crippen LogP contribution in [0.3, 0.4) is 0 Å². The number of thioether (sulfide) groups is 1. The monoisotopic (exact) mass is 266 g/mol. The van der Waals surface area contributed by atoms with Crippen molar-refractivity contribution in [1.29, 1.82) is 0 Å². The van der Waals surface area contributed by atoms with Crippen molar-refractivity contribution in [2.24, 2.45) is 0 Å². The number of rotatable bonds is 6. The Morgan fingerprint density at radius 1 is 1.44 bits per heavy atom. The minimum absolute atomic E-state index is 0.0133. The predicted octanol–water partition coefficient (Wildman–Crippen LogP) is 2.91. The van der Waals surface area contributed by atoms with Gasteiger partial charge in [-0.1, -0.05) is 6.92 Å². The van der Waals surface area contributed by atoms with Crippen molar-refractivity contribution in [3.63, 3.8) is 0 Å². The van der Waals surface area contributed by atoms with E-state index in [0.29, 0.717) is 0 Å². The van der Waals surface area contributed by atoms with Crippen molar-refractivity contribution in [3.05, 3.63) is 29.3 Å². The molecule has 100 valence electrons. The van der Waals surface area contributed by atoms with Gasteiger partial charge in [0.05, 0.1) is 0 Å². The first-order valence-corrected chi connectivity index (χ1v) is 7.41. The van der Waals surface area contributed by atoms with Gasteiger partial charge in [0.25, 0.3) is 5.91 Å². The molecule has 2 N–H and O–H groups in total. The Morgan fingerprint density at radius 3 is 2.72 bits per heavy atom. The second kappa shape index (κ2) is 7.31. The van der Waals surface area contributed by atoms with Gasteiger partial charge in [0, 0.05) is 30.1 Å². The number of anilines is 1. The number of hydrogen-bond donors (Lipinski definition) is 2. The lowest BCUT2D eigenvalue weighted by atomic mass is 10.1. The summed E-state index contributed by atoms with van der Waals surface area (Å²) in [6, 6.07) is 5.98. The van der Waals surface area contributed by atoms with Crippen LogP contribution in [-0.2, 0) is 0 Å². The van der Waals surface area contributed by atoms with E-state index in [9.17, 15) is 4.79 Å². The van der Waals surface area contributed by atoms with Crippen molar-refractivity contribution < 1.29 is 4.79 Å². The van der Waals surface area contributed by atoms with Gasteiger partial charge >= 0.3 is 0 Å². The van der Waals surface area contributed by atoms with Crippen LogP contribution < -0.4 is 10.6 Å². The fraction of sp³-hybridized carbons (Fsp3) is 0.500. The van der Waals surface area contributed by atoms with Gasteiger partial charge in [0.2, 0.25) is 0 Å². The van der Waals surface area contributed by atoms with Gasteiger partial charge in [0.1, 0.15) is 0 Å². The maximum atomic E-state index is 12.1. The highest BCUT2D eigenvalue weighted by Gasteiger charge is 2.12.